The second-order valence-corrected chi connectivity index (χ2v) is 10.7. The van der Waals surface area contributed by atoms with E-state index in [2.05, 4.69) is 4.98 Å². The highest BCUT2D eigenvalue weighted by Gasteiger charge is 2.56. The third-order valence-corrected chi connectivity index (χ3v) is 8.80. The number of thioether (sulfide) groups is 1. The molecule has 2 amide bonds. The van der Waals surface area contributed by atoms with Crippen molar-refractivity contribution < 1.29 is 29.0 Å². The quantitative estimate of drug-likeness (QED) is 0.450. The fraction of sp³-hybridized carbons (Fsp3) is 0.280. The Bertz CT molecular complexity index is 1430. The van der Waals surface area contributed by atoms with Crippen LogP contribution in [0.15, 0.2) is 52.3 Å². The summed E-state index contributed by atoms with van der Waals surface area (Å²) in [6, 6.07) is 13.2. The van der Waals surface area contributed by atoms with Crippen molar-refractivity contribution in [1.29, 1.82) is 0 Å². The topological polar surface area (TPSA) is 126 Å². The van der Waals surface area contributed by atoms with Gasteiger partial charge in [-0.1, -0.05) is 53.4 Å². The summed E-state index contributed by atoms with van der Waals surface area (Å²) in [7, 11) is 1.51. The Morgan fingerprint density at radius 1 is 1.11 bits per heavy atom. The van der Waals surface area contributed by atoms with Gasteiger partial charge in [-0.15, -0.1) is 0 Å². The number of methoxy groups -OCH3 is 1. The number of carboxylic acids is 1. The first kappa shape index (κ1) is 24.1. The van der Waals surface area contributed by atoms with Crippen LogP contribution in [-0.2, 0) is 21.0 Å². The van der Waals surface area contributed by atoms with E-state index in [0.29, 0.717) is 33.6 Å². The second kappa shape index (κ2) is 9.47. The number of carboxylic acid groups (broad SMARTS) is 1. The monoisotopic (exact) mass is 526 g/mol. The molecule has 36 heavy (non-hydrogen) atoms. The van der Waals surface area contributed by atoms with Crippen molar-refractivity contribution in [1.82, 2.24) is 9.88 Å². The first-order valence-electron chi connectivity index (χ1n) is 11.1. The van der Waals surface area contributed by atoms with Gasteiger partial charge < -0.3 is 19.6 Å². The summed E-state index contributed by atoms with van der Waals surface area (Å²) < 4.78 is 11.6. The lowest BCUT2D eigenvalue weighted by atomic mass is 9.83. The zero-order chi connectivity index (χ0) is 25.6. The molecule has 3 heterocycles. The maximum absolute atomic E-state index is 13.3. The molecule has 186 valence electrons. The number of imide groups is 1. The molecule has 0 bridgehead atoms. The number of thiazole rings is 1. The van der Waals surface area contributed by atoms with Gasteiger partial charge in [0.25, 0.3) is 0 Å². The van der Waals surface area contributed by atoms with Crippen LogP contribution in [0.25, 0.3) is 0 Å². The highest BCUT2D eigenvalue weighted by Crippen LogP contribution is 2.53. The molecule has 9 nitrogen and oxygen atoms in total. The van der Waals surface area contributed by atoms with Crippen LogP contribution in [0.4, 0.5) is 0 Å². The standard InChI is InChI=1S/C25H22N2O7S2/c1-12-5-3-4-6-14(12)11-34-15-8-7-13(9-16(15)33-2)18-19-21(35-22-20(18)36-25(32)26-22)24(31)27(23(19)30)10-17(28)29/h3-9,18-19,21H,10-11H2,1-2H3,(H,26,32)(H,28,29)/t18-,19?,21?/m0/s1. The zero-order valence-electron chi connectivity index (χ0n) is 19.3. The molecular formula is C25H22N2O7S2. The van der Waals surface area contributed by atoms with Gasteiger partial charge in [0, 0.05) is 10.8 Å². The number of carbonyl (C=O) groups excluding carboxylic acids is 2. The number of aliphatic carboxylic acids is 1. The molecule has 2 unspecified atom stereocenters. The number of amides is 2. The molecule has 1 fully saturated rings. The molecule has 3 aromatic rings. The lowest BCUT2D eigenvalue weighted by Crippen LogP contribution is -2.36. The summed E-state index contributed by atoms with van der Waals surface area (Å²) in [5.41, 5.74) is 2.80. The molecule has 2 aliphatic rings. The summed E-state index contributed by atoms with van der Waals surface area (Å²) in [4.78, 5) is 53.7. The number of ether oxygens (including phenoxy) is 2. The minimum absolute atomic E-state index is 0.287. The highest BCUT2D eigenvalue weighted by molar-refractivity contribution is 8.00. The van der Waals surface area contributed by atoms with Crippen molar-refractivity contribution in [2.24, 2.45) is 5.92 Å². The van der Waals surface area contributed by atoms with Gasteiger partial charge in [-0.3, -0.25) is 24.1 Å². The van der Waals surface area contributed by atoms with Gasteiger partial charge in [-0.25, -0.2) is 0 Å². The minimum Gasteiger partial charge on any atom is -0.493 e. The first-order chi connectivity index (χ1) is 17.3. The normalized spacial score (nSPS) is 20.7. The summed E-state index contributed by atoms with van der Waals surface area (Å²) in [6.45, 7) is 1.65. The van der Waals surface area contributed by atoms with Crippen LogP contribution in [0.2, 0.25) is 0 Å². The van der Waals surface area contributed by atoms with Crippen molar-refractivity contribution in [3.63, 3.8) is 0 Å². The van der Waals surface area contributed by atoms with Gasteiger partial charge in [-0.05, 0) is 35.7 Å². The molecule has 0 radical (unpaired) electrons. The minimum atomic E-state index is -1.27. The molecule has 0 aliphatic carbocycles. The molecule has 5 rings (SSSR count). The fourth-order valence-electron chi connectivity index (χ4n) is 4.65. The summed E-state index contributed by atoms with van der Waals surface area (Å²) in [5.74, 6) is -2.90. The highest BCUT2D eigenvalue weighted by atomic mass is 32.2. The van der Waals surface area contributed by atoms with Gasteiger partial charge in [0.15, 0.2) is 11.5 Å². The van der Waals surface area contributed by atoms with E-state index in [0.717, 1.165) is 39.1 Å². The molecule has 2 aliphatic heterocycles. The van der Waals surface area contributed by atoms with Gasteiger partial charge in [0.1, 0.15) is 18.4 Å². The van der Waals surface area contributed by atoms with E-state index in [1.54, 1.807) is 18.2 Å². The number of aryl methyl sites for hydroxylation is 1. The number of hydrogen-bond acceptors (Lipinski definition) is 8. The molecule has 3 atom stereocenters. The molecule has 2 N–H and O–H groups in total. The van der Waals surface area contributed by atoms with Gasteiger partial charge in [0.05, 0.1) is 18.1 Å². The zero-order valence-corrected chi connectivity index (χ0v) is 21.0. The largest absolute Gasteiger partial charge is 0.493 e. The van der Waals surface area contributed by atoms with E-state index in [1.165, 1.54) is 7.11 Å². The predicted octanol–water partition coefficient (Wildman–Crippen LogP) is 3.01. The van der Waals surface area contributed by atoms with E-state index in [9.17, 15) is 24.3 Å². The SMILES string of the molecule is COc1cc([C@@H]2c3sc(=O)[nH]c3SC3C(=O)N(CC(=O)O)C(=O)C32)ccc1OCc1ccccc1C. The Balaban J connectivity index is 1.52. The van der Waals surface area contributed by atoms with Crippen molar-refractivity contribution in [2.45, 2.75) is 29.7 Å². The molecule has 0 saturated carbocycles. The maximum Gasteiger partial charge on any atom is 0.323 e. The van der Waals surface area contributed by atoms with E-state index >= 15 is 0 Å². The Morgan fingerprint density at radius 3 is 2.61 bits per heavy atom. The number of H-pyrrole nitrogens is 1. The second-order valence-electron chi connectivity index (χ2n) is 8.53. The molecule has 1 aromatic heterocycles. The Morgan fingerprint density at radius 2 is 1.89 bits per heavy atom. The Hall–Kier alpha value is -3.57. The van der Waals surface area contributed by atoms with E-state index in [1.807, 2.05) is 31.2 Å². The summed E-state index contributed by atoms with van der Waals surface area (Å²) in [5, 5.41) is 8.91. The number of benzene rings is 2. The van der Waals surface area contributed by atoms with Crippen LogP contribution in [0, 0.1) is 12.8 Å². The fourth-order valence-corrected chi connectivity index (χ4v) is 7.19. The van der Waals surface area contributed by atoms with Crippen molar-refractivity contribution in [3.05, 3.63) is 73.7 Å². The molecule has 2 aromatic carbocycles. The molecule has 0 spiro atoms. The summed E-state index contributed by atoms with van der Waals surface area (Å²) in [6.07, 6.45) is 0. The molecular weight excluding hydrogens is 504 g/mol. The van der Waals surface area contributed by atoms with E-state index in [4.69, 9.17) is 9.47 Å². The number of nitrogens with zero attached hydrogens (tertiary/aromatic N) is 1. The number of aromatic amines is 1. The van der Waals surface area contributed by atoms with Crippen molar-refractivity contribution in [3.8, 4) is 11.5 Å². The average Bonchev–Trinajstić information content (AvgIpc) is 3.33. The smallest absolute Gasteiger partial charge is 0.323 e. The Labute approximate surface area is 214 Å². The van der Waals surface area contributed by atoms with Crippen LogP contribution >= 0.6 is 23.1 Å². The van der Waals surface area contributed by atoms with Crippen LogP contribution in [0.3, 0.4) is 0 Å². The first-order valence-corrected chi connectivity index (χ1v) is 12.8. The number of rotatable bonds is 7. The number of likely N-dealkylation sites (tertiary alicyclic amines) is 1. The van der Waals surface area contributed by atoms with E-state index in [-0.39, 0.29) is 4.87 Å². The van der Waals surface area contributed by atoms with Gasteiger partial charge in [-0.2, -0.15) is 0 Å². The van der Waals surface area contributed by atoms with Crippen LogP contribution in [-0.4, -0.2) is 51.7 Å². The van der Waals surface area contributed by atoms with Crippen molar-refractivity contribution >= 4 is 40.9 Å². The van der Waals surface area contributed by atoms with Crippen LogP contribution < -0.4 is 14.3 Å². The number of aromatic nitrogens is 1. The lowest BCUT2D eigenvalue weighted by molar-refractivity contribution is -0.149. The van der Waals surface area contributed by atoms with Gasteiger partial charge >= 0.3 is 10.8 Å². The third kappa shape index (κ3) is 4.18. The maximum atomic E-state index is 13.3. The Kier molecular flexibility index (Phi) is 6.35. The van der Waals surface area contributed by atoms with Crippen molar-refractivity contribution in [2.75, 3.05) is 13.7 Å². The number of carbonyl (C=O) groups is 3. The lowest BCUT2D eigenvalue weighted by Gasteiger charge is -2.30. The molecule has 11 heteroatoms. The van der Waals surface area contributed by atoms with Gasteiger partial charge in [0.2, 0.25) is 11.8 Å². The van der Waals surface area contributed by atoms with Crippen LogP contribution in [0.5, 0.6) is 11.5 Å². The van der Waals surface area contributed by atoms with E-state index < -0.39 is 41.4 Å². The summed E-state index contributed by atoms with van der Waals surface area (Å²) >= 11 is 2.09. The predicted molar refractivity (Wildman–Crippen MR) is 133 cm³/mol. The number of nitrogens with one attached hydrogen (secondary N) is 1. The third-order valence-electron chi connectivity index (χ3n) is 6.40. The number of hydrogen-bond donors (Lipinski definition) is 2. The number of fused-ring (bicyclic) bond motifs is 2. The molecule has 1 saturated heterocycles. The van der Waals surface area contributed by atoms with Crippen LogP contribution in [0.1, 0.15) is 27.5 Å². The average molecular weight is 527 g/mol.